The first-order valence-corrected chi connectivity index (χ1v) is 11.0. The molecular formula is C20H23ClN2O3S. The van der Waals surface area contributed by atoms with Crippen LogP contribution in [0, 0.1) is 0 Å². The Labute approximate surface area is 165 Å². The molecule has 0 unspecified atom stereocenters. The molecule has 0 atom stereocenters. The molecule has 1 fully saturated rings. The van der Waals surface area contributed by atoms with E-state index in [2.05, 4.69) is 4.90 Å². The van der Waals surface area contributed by atoms with E-state index in [1.165, 1.54) is 0 Å². The molecule has 0 radical (unpaired) electrons. The van der Waals surface area contributed by atoms with Crippen molar-refractivity contribution in [2.75, 3.05) is 38.5 Å². The molecule has 0 bridgehead atoms. The van der Waals surface area contributed by atoms with Crippen LogP contribution in [-0.2, 0) is 9.84 Å². The first-order chi connectivity index (χ1) is 13.0. The fourth-order valence-electron chi connectivity index (χ4n) is 3.20. The summed E-state index contributed by atoms with van der Waals surface area (Å²) in [7, 11) is -3.29. The lowest BCUT2D eigenvalue weighted by atomic mass is 10.2. The lowest BCUT2D eigenvalue weighted by Gasteiger charge is -2.22. The molecule has 1 saturated heterocycles. The Hall–Kier alpha value is -1.89. The highest BCUT2D eigenvalue weighted by molar-refractivity contribution is 7.91. The van der Waals surface area contributed by atoms with E-state index in [0.29, 0.717) is 41.7 Å². The molecule has 1 amide bonds. The number of carbonyl (C=O) groups is 1. The van der Waals surface area contributed by atoms with Crippen LogP contribution in [0.25, 0.3) is 0 Å². The summed E-state index contributed by atoms with van der Waals surface area (Å²) in [5.74, 6) is 0.0513. The number of sulfone groups is 1. The van der Waals surface area contributed by atoms with Gasteiger partial charge in [-0.2, -0.15) is 0 Å². The summed E-state index contributed by atoms with van der Waals surface area (Å²) in [6.07, 6.45) is 0.817. The molecule has 2 aromatic rings. The van der Waals surface area contributed by atoms with Crippen LogP contribution in [0.3, 0.4) is 0 Å². The molecule has 0 N–H and O–H groups in total. The van der Waals surface area contributed by atoms with Gasteiger partial charge in [0, 0.05) is 36.8 Å². The normalized spacial score (nSPS) is 16.1. The summed E-state index contributed by atoms with van der Waals surface area (Å²) in [4.78, 5) is 17.0. The van der Waals surface area contributed by atoms with Gasteiger partial charge in [-0.05, 0) is 43.3 Å². The maximum atomic E-state index is 12.7. The van der Waals surface area contributed by atoms with Crippen LogP contribution in [0.4, 0.5) is 0 Å². The Morgan fingerprint density at radius 3 is 2.48 bits per heavy atom. The van der Waals surface area contributed by atoms with Crippen LogP contribution in [0.1, 0.15) is 16.8 Å². The van der Waals surface area contributed by atoms with Crippen molar-refractivity contribution >= 4 is 27.3 Å². The quantitative estimate of drug-likeness (QED) is 0.766. The average Bonchev–Trinajstić information content (AvgIpc) is 2.92. The molecule has 3 rings (SSSR count). The first-order valence-electron chi connectivity index (χ1n) is 9.01. The van der Waals surface area contributed by atoms with Crippen molar-refractivity contribution in [2.45, 2.75) is 11.3 Å². The third-order valence-electron chi connectivity index (χ3n) is 4.73. The zero-order valence-corrected chi connectivity index (χ0v) is 16.6. The molecule has 0 saturated carbocycles. The Balaban J connectivity index is 1.56. The van der Waals surface area contributed by atoms with Gasteiger partial charge in [0.15, 0.2) is 9.84 Å². The lowest BCUT2D eigenvalue weighted by molar-refractivity contribution is 0.0761. The molecule has 5 nitrogen and oxygen atoms in total. The van der Waals surface area contributed by atoms with Crippen LogP contribution in [0.2, 0.25) is 5.02 Å². The molecule has 1 aliphatic heterocycles. The van der Waals surface area contributed by atoms with Crippen molar-refractivity contribution in [1.82, 2.24) is 9.80 Å². The largest absolute Gasteiger partial charge is 0.337 e. The second-order valence-electron chi connectivity index (χ2n) is 6.63. The van der Waals surface area contributed by atoms with Gasteiger partial charge >= 0.3 is 0 Å². The minimum atomic E-state index is -3.29. The number of rotatable bonds is 5. The second kappa shape index (κ2) is 8.87. The fourth-order valence-corrected chi connectivity index (χ4v) is 4.69. The Bertz CT molecular complexity index is 887. The van der Waals surface area contributed by atoms with Crippen molar-refractivity contribution in [2.24, 2.45) is 0 Å². The Morgan fingerprint density at radius 1 is 0.963 bits per heavy atom. The third kappa shape index (κ3) is 5.31. The minimum absolute atomic E-state index is 0.0312. The van der Waals surface area contributed by atoms with Crippen molar-refractivity contribution in [3.05, 3.63) is 65.2 Å². The van der Waals surface area contributed by atoms with E-state index in [1.807, 2.05) is 4.90 Å². The lowest BCUT2D eigenvalue weighted by Crippen LogP contribution is -2.36. The van der Waals surface area contributed by atoms with Crippen LogP contribution in [-0.4, -0.2) is 62.6 Å². The molecule has 27 heavy (non-hydrogen) atoms. The molecule has 144 valence electrons. The monoisotopic (exact) mass is 406 g/mol. The summed E-state index contributed by atoms with van der Waals surface area (Å²) in [5.41, 5.74) is 0.586. The molecule has 1 aliphatic rings. The number of benzene rings is 2. The van der Waals surface area contributed by atoms with Crippen LogP contribution >= 0.6 is 11.6 Å². The molecular weight excluding hydrogens is 384 g/mol. The van der Waals surface area contributed by atoms with Gasteiger partial charge in [-0.25, -0.2) is 8.42 Å². The van der Waals surface area contributed by atoms with Gasteiger partial charge in [-0.3, -0.25) is 4.79 Å². The maximum absolute atomic E-state index is 12.7. The van der Waals surface area contributed by atoms with E-state index in [1.54, 1.807) is 54.6 Å². The average molecular weight is 407 g/mol. The van der Waals surface area contributed by atoms with Gasteiger partial charge in [0.05, 0.1) is 10.6 Å². The van der Waals surface area contributed by atoms with Crippen LogP contribution in [0.5, 0.6) is 0 Å². The third-order valence-corrected chi connectivity index (χ3v) is 6.67. The number of hydrogen-bond donors (Lipinski definition) is 0. The number of nitrogens with zero attached hydrogens (tertiary/aromatic N) is 2. The Morgan fingerprint density at radius 2 is 1.74 bits per heavy atom. The van der Waals surface area contributed by atoms with Gasteiger partial charge in [0.1, 0.15) is 0 Å². The highest BCUT2D eigenvalue weighted by atomic mass is 35.5. The predicted octanol–water partition coefficient (Wildman–Crippen LogP) is 2.96. The highest BCUT2D eigenvalue weighted by Gasteiger charge is 2.22. The molecule has 0 spiro atoms. The van der Waals surface area contributed by atoms with E-state index in [4.69, 9.17) is 11.6 Å². The topological polar surface area (TPSA) is 57.7 Å². The van der Waals surface area contributed by atoms with Gasteiger partial charge in [0.25, 0.3) is 5.91 Å². The predicted molar refractivity (Wildman–Crippen MR) is 107 cm³/mol. The first kappa shape index (κ1) is 19.9. The second-order valence-corrected chi connectivity index (χ2v) is 9.18. The minimum Gasteiger partial charge on any atom is -0.337 e. The van der Waals surface area contributed by atoms with Gasteiger partial charge in [0.2, 0.25) is 0 Å². The SMILES string of the molecule is O=C(c1cccc(Cl)c1)N1CCCN(CCS(=O)(=O)c2ccccc2)CC1. The Kier molecular flexibility index (Phi) is 6.52. The van der Waals surface area contributed by atoms with Crippen molar-refractivity contribution < 1.29 is 13.2 Å². The summed E-state index contributed by atoms with van der Waals surface area (Å²) in [5, 5.41) is 0.545. The maximum Gasteiger partial charge on any atom is 0.253 e. The van der Waals surface area contributed by atoms with Crippen molar-refractivity contribution in [3.8, 4) is 0 Å². The van der Waals surface area contributed by atoms with Crippen LogP contribution < -0.4 is 0 Å². The molecule has 0 aliphatic carbocycles. The van der Waals surface area contributed by atoms with Gasteiger partial charge < -0.3 is 9.80 Å². The molecule has 0 aromatic heterocycles. The summed E-state index contributed by atoms with van der Waals surface area (Å²) < 4.78 is 24.9. The zero-order chi connectivity index (χ0) is 19.3. The van der Waals surface area contributed by atoms with E-state index in [-0.39, 0.29) is 11.7 Å². The van der Waals surface area contributed by atoms with E-state index in [9.17, 15) is 13.2 Å². The van der Waals surface area contributed by atoms with E-state index >= 15 is 0 Å². The number of halogens is 1. The molecule has 1 heterocycles. The molecule has 2 aromatic carbocycles. The van der Waals surface area contributed by atoms with Crippen LogP contribution in [0.15, 0.2) is 59.5 Å². The van der Waals surface area contributed by atoms with Gasteiger partial charge in [-0.15, -0.1) is 0 Å². The fraction of sp³-hybridized carbons (Fsp3) is 0.350. The number of amides is 1. The smallest absolute Gasteiger partial charge is 0.253 e. The van der Waals surface area contributed by atoms with E-state index < -0.39 is 9.84 Å². The zero-order valence-electron chi connectivity index (χ0n) is 15.1. The number of hydrogen-bond acceptors (Lipinski definition) is 4. The summed E-state index contributed by atoms with van der Waals surface area (Å²) in [6, 6.07) is 15.5. The van der Waals surface area contributed by atoms with Gasteiger partial charge in [-0.1, -0.05) is 35.9 Å². The summed E-state index contributed by atoms with van der Waals surface area (Å²) in [6.45, 7) is 3.15. The number of carbonyl (C=O) groups excluding carboxylic acids is 1. The highest BCUT2D eigenvalue weighted by Crippen LogP contribution is 2.15. The van der Waals surface area contributed by atoms with Crippen molar-refractivity contribution in [1.29, 1.82) is 0 Å². The standard InChI is InChI=1S/C20H23ClN2O3S/c21-18-7-4-6-17(16-18)20(24)23-11-5-10-22(12-13-23)14-15-27(25,26)19-8-2-1-3-9-19/h1-4,6-9,16H,5,10-15H2. The van der Waals surface area contributed by atoms with Crippen molar-refractivity contribution in [3.63, 3.8) is 0 Å². The molecule has 7 heteroatoms. The van der Waals surface area contributed by atoms with E-state index in [0.717, 1.165) is 13.0 Å². The summed E-state index contributed by atoms with van der Waals surface area (Å²) >= 11 is 5.98.